The average Bonchev–Trinajstić information content (AvgIpc) is 3.16. The van der Waals surface area contributed by atoms with Gasteiger partial charge in [0.25, 0.3) is 5.91 Å². The second kappa shape index (κ2) is 5.83. The van der Waals surface area contributed by atoms with Gasteiger partial charge in [-0.25, -0.2) is 0 Å². The number of nitrogens with zero attached hydrogens (tertiary/aromatic N) is 1. The van der Waals surface area contributed by atoms with Crippen LogP contribution in [0.25, 0.3) is 0 Å². The van der Waals surface area contributed by atoms with Gasteiger partial charge in [0, 0.05) is 18.3 Å². The minimum Gasteiger partial charge on any atom is -0.399 e. The Kier molecular flexibility index (Phi) is 4.35. The number of benzene rings is 1. The third-order valence-electron chi connectivity index (χ3n) is 3.42. The Morgan fingerprint density at radius 1 is 1.47 bits per heavy atom. The first-order chi connectivity index (χ1) is 8.99. The summed E-state index contributed by atoms with van der Waals surface area (Å²) < 4.78 is 0. The van der Waals surface area contributed by atoms with Crippen LogP contribution in [0.1, 0.15) is 43.5 Å². The fourth-order valence-corrected chi connectivity index (χ4v) is 2.29. The van der Waals surface area contributed by atoms with Crippen molar-refractivity contribution in [2.24, 2.45) is 5.92 Å². The molecule has 0 aromatic heterocycles. The second-order valence-electron chi connectivity index (χ2n) is 5.65. The molecule has 0 radical (unpaired) electrons. The van der Waals surface area contributed by atoms with E-state index in [1.54, 1.807) is 18.2 Å². The van der Waals surface area contributed by atoms with Crippen LogP contribution in [-0.2, 0) is 0 Å². The SMILES string of the molecule is CC(C)CCN(C(=O)c1cc(N)ccc1Cl)C1CC1. The number of halogens is 1. The van der Waals surface area contributed by atoms with E-state index in [2.05, 4.69) is 13.8 Å². The molecule has 0 heterocycles. The molecule has 0 unspecified atom stereocenters. The topological polar surface area (TPSA) is 46.3 Å². The van der Waals surface area contributed by atoms with E-state index < -0.39 is 0 Å². The molecular weight excluding hydrogens is 260 g/mol. The van der Waals surface area contributed by atoms with Crippen LogP contribution in [0, 0.1) is 5.92 Å². The standard InChI is InChI=1S/C15H21ClN2O/c1-10(2)7-8-18(12-4-5-12)15(19)13-9-11(17)3-6-14(13)16/h3,6,9-10,12H,4-5,7-8,17H2,1-2H3. The lowest BCUT2D eigenvalue weighted by Crippen LogP contribution is -2.34. The zero-order valence-corrected chi connectivity index (χ0v) is 12.3. The molecule has 1 amide bonds. The van der Waals surface area contributed by atoms with Crippen molar-refractivity contribution in [3.8, 4) is 0 Å². The molecule has 1 saturated carbocycles. The van der Waals surface area contributed by atoms with Gasteiger partial charge in [0.15, 0.2) is 0 Å². The summed E-state index contributed by atoms with van der Waals surface area (Å²) in [5, 5.41) is 0.481. The van der Waals surface area contributed by atoms with Gasteiger partial charge in [-0.3, -0.25) is 4.79 Å². The maximum absolute atomic E-state index is 12.6. The first-order valence-corrected chi connectivity index (χ1v) is 7.23. The predicted octanol–water partition coefficient (Wildman–Crippen LogP) is 3.57. The zero-order chi connectivity index (χ0) is 14.0. The number of rotatable bonds is 5. The molecule has 19 heavy (non-hydrogen) atoms. The van der Waals surface area contributed by atoms with Gasteiger partial charge in [-0.15, -0.1) is 0 Å². The molecule has 2 N–H and O–H groups in total. The lowest BCUT2D eigenvalue weighted by atomic mass is 10.1. The molecule has 0 spiro atoms. The van der Waals surface area contributed by atoms with E-state index in [1.807, 2.05) is 4.90 Å². The Morgan fingerprint density at radius 3 is 2.74 bits per heavy atom. The van der Waals surface area contributed by atoms with Gasteiger partial charge in [0.05, 0.1) is 10.6 Å². The molecule has 1 aromatic carbocycles. The van der Waals surface area contributed by atoms with Crippen LogP contribution in [0.2, 0.25) is 5.02 Å². The second-order valence-corrected chi connectivity index (χ2v) is 6.06. The molecule has 0 aliphatic heterocycles. The normalized spacial score (nSPS) is 14.7. The van der Waals surface area contributed by atoms with E-state index >= 15 is 0 Å². The average molecular weight is 281 g/mol. The Balaban J connectivity index is 2.16. The Hall–Kier alpha value is -1.22. The third-order valence-corrected chi connectivity index (χ3v) is 3.75. The maximum Gasteiger partial charge on any atom is 0.255 e. The molecule has 1 aliphatic rings. The highest BCUT2D eigenvalue weighted by molar-refractivity contribution is 6.34. The maximum atomic E-state index is 12.6. The summed E-state index contributed by atoms with van der Waals surface area (Å²) in [5.74, 6) is 0.603. The van der Waals surface area contributed by atoms with Gasteiger partial charge in [-0.2, -0.15) is 0 Å². The Bertz CT molecular complexity index is 469. The monoisotopic (exact) mass is 280 g/mol. The van der Waals surface area contributed by atoms with Crippen LogP contribution in [0.15, 0.2) is 18.2 Å². The molecule has 1 aromatic rings. The number of nitrogens with two attached hydrogens (primary N) is 1. The fourth-order valence-electron chi connectivity index (χ4n) is 2.09. The van der Waals surface area contributed by atoms with Crippen LogP contribution < -0.4 is 5.73 Å². The van der Waals surface area contributed by atoms with Crippen molar-refractivity contribution in [1.29, 1.82) is 0 Å². The van der Waals surface area contributed by atoms with Crippen LogP contribution in [0.5, 0.6) is 0 Å². The number of hydrogen-bond donors (Lipinski definition) is 1. The van der Waals surface area contributed by atoms with Crippen LogP contribution >= 0.6 is 11.6 Å². The van der Waals surface area contributed by atoms with Crippen LogP contribution in [0.3, 0.4) is 0 Å². The lowest BCUT2D eigenvalue weighted by molar-refractivity contribution is 0.0735. The predicted molar refractivity (Wildman–Crippen MR) is 79.4 cm³/mol. The molecule has 1 fully saturated rings. The van der Waals surface area contributed by atoms with Gasteiger partial charge in [0.2, 0.25) is 0 Å². The smallest absolute Gasteiger partial charge is 0.255 e. The van der Waals surface area contributed by atoms with Crippen LogP contribution in [-0.4, -0.2) is 23.4 Å². The molecule has 1 aliphatic carbocycles. The summed E-state index contributed by atoms with van der Waals surface area (Å²) in [7, 11) is 0. The van der Waals surface area contributed by atoms with Gasteiger partial charge in [0.1, 0.15) is 0 Å². The quantitative estimate of drug-likeness (QED) is 0.838. The molecule has 2 rings (SSSR count). The summed E-state index contributed by atoms with van der Waals surface area (Å²) in [4.78, 5) is 14.6. The molecule has 3 nitrogen and oxygen atoms in total. The number of carbonyl (C=O) groups excluding carboxylic acids is 1. The molecule has 0 bridgehead atoms. The van der Waals surface area contributed by atoms with Crippen molar-refractivity contribution < 1.29 is 4.79 Å². The Labute approximate surface area is 119 Å². The molecule has 0 atom stereocenters. The highest BCUT2D eigenvalue weighted by Crippen LogP contribution is 2.30. The summed E-state index contributed by atoms with van der Waals surface area (Å²) in [6.07, 6.45) is 3.22. The fraction of sp³-hybridized carbons (Fsp3) is 0.533. The van der Waals surface area contributed by atoms with E-state index in [0.29, 0.717) is 28.2 Å². The minimum atomic E-state index is 0.0143. The van der Waals surface area contributed by atoms with E-state index in [1.165, 1.54) is 0 Å². The van der Waals surface area contributed by atoms with E-state index in [-0.39, 0.29) is 5.91 Å². The molecule has 0 saturated heterocycles. The van der Waals surface area contributed by atoms with Crippen molar-refractivity contribution in [3.05, 3.63) is 28.8 Å². The highest BCUT2D eigenvalue weighted by Gasteiger charge is 2.33. The van der Waals surface area contributed by atoms with Crippen molar-refractivity contribution >= 4 is 23.2 Å². The molecule has 104 valence electrons. The largest absolute Gasteiger partial charge is 0.399 e. The van der Waals surface area contributed by atoms with Gasteiger partial charge in [-0.1, -0.05) is 25.4 Å². The number of carbonyl (C=O) groups is 1. The van der Waals surface area contributed by atoms with Crippen molar-refractivity contribution in [2.45, 2.75) is 39.2 Å². The number of amides is 1. The van der Waals surface area contributed by atoms with Crippen molar-refractivity contribution in [1.82, 2.24) is 4.90 Å². The first kappa shape index (κ1) is 14.2. The molecular formula is C15H21ClN2O. The third kappa shape index (κ3) is 3.63. The van der Waals surface area contributed by atoms with Gasteiger partial charge in [-0.05, 0) is 43.4 Å². The summed E-state index contributed by atoms with van der Waals surface area (Å²) >= 11 is 6.12. The zero-order valence-electron chi connectivity index (χ0n) is 11.5. The summed E-state index contributed by atoms with van der Waals surface area (Å²) in [6, 6.07) is 5.48. The Morgan fingerprint density at radius 2 is 2.16 bits per heavy atom. The van der Waals surface area contributed by atoms with Crippen LogP contribution in [0.4, 0.5) is 5.69 Å². The minimum absolute atomic E-state index is 0.0143. The van der Waals surface area contributed by atoms with Gasteiger partial charge >= 0.3 is 0 Å². The summed E-state index contributed by atoms with van der Waals surface area (Å²) in [6.45, 7) is 5.14. The van der Waals surface area contributed by atoms with E-state index in [4.69, 9.17) is 17.3 Å². The highest BCUT2D eigenvalue weighted by atomic mass is 35.5. The van der Waals surface area contributed by atoms with E-state index in [9.17, 15) is 4.79 Å². The van der Waals surface area contributed by atoms with Gasteiger partial charge < -0.3 is 10.6 Å². The number of nitrogen functional groups attached to an aromatic ring is 1. The lowest BCUT2D eigenvalue weighted by Gasteiger charge is -2.24. The van der Waals surface area contributed by atoms with E-state index in [0.717, 1.165) is 25.8 Å². The van der Waals surface area contributed by atoms with Crippen molar-refractivity contribution in [3.63, 3.8) is 0 Å². The number of anilines is 1. The first-order valence-electron chi connectivity index (χ1n) is 6.85. The van der Waals surface area contributed by atoms with Crippen molar-refractivity contribution in [2.75, 3.05) is 12.3 Å². The summed E-state index contributed by atoms with van der Waals surface area (Å²) in [5.41, 5.74) is 6.85. The molecule has 4 heteroatoms. The number of hydrogen-bond acceptors (Lipinski definition) is 2.